The Morgan fingerprint density at radius 3 is 2.75 bits per heavy atom. The smallest absolute Gasteiger partial charge is 0.259 e. The molecule has 3 amide bonds. The van der Waals surface area contributed by atoms with E-state index in [1.54, 1.807) is 18.2 Å². The minimum atomic E-state index is -0.839. The maximum Gasteiger partial charge on any atom is 0.259 e. The molecule has 0 saturated heterocycles. The number of benzene rings is 2. The number of halogens is 1. The van der Waals surface area contributed by atoms with Crippen LogP contribution in [0.5, 0.6) is 5.75 Å². The van der Waals surface area contributed by atoms with Crippen molar-refractivity contribution in [2.45, 2.75) is 32.2 Å². The molecule has 0 aliphatic carbocycles. The Morgan fingerprint density at radius 2 is 2.00 bits per heavy atom. The lowest BCUT2D eigenvalue weighted by atomic mass is 10.1. The van der Waals surface area contributed by atoms with Crippen molar-refractivity contribution in [2.75, 3.05) is 24.7 Å². The Labute approximate surface area is 218 Å². The number of hydrogen-bond donors (Lipinski definition) is 2. The second-order valence-electron chi connectivity index (χ2n) is 8.15. The summed E-state index contributed by atoms with van der Waals surface area (Å²) >= 11 is 7.26. The molecule has 1 atom stereocenters. The third-order valence-electron chi connectivity index (χ3n) is 5.55. The molecule has 0 saturated carbocycles. The van der Waals surface area contributed by atoms with Gasteiger partial charge in [0.25, 0.3) is 5.91 Å². The van der Waals surface area contributed by atoms with E-state index in [2.05, 4.69) is 20.6 Å². The first-order chi connectivity index (χ1) is 17.4. The molecule has 2 N–H and O–H groups in total. The number of amidine groups is 2. The number of nitrogens with zero attached hydrogens (tertiary/aromatic N) is 3. The lowest BCUT2D eigenvalue weighted by molar-refractivity contribution is -0.128. The van der Waals surface area contributed by atoms with Crippen molar-refractivity contribution in [1.82, 2.24) is 10.2 Å². The molecule has 0 fully saturated rings. The van der Waals surface area contributed by atoms with E-state index in [4.69, 9.17) is 16.3 Å². The molecule has 2 heterocycles. The van der Waals surface area contributed by atoms with Crippen molar-refractivity contribution in [3.63, 3.8) is 0 Å². The van der Waals surface area contributed by atoms with E-state index in [1.807, 2.05) is 31.2 Å². The second kappa shape index (κ2) is 11.6. The van der Waals surface area contributed by atoms with Crippen LogP contribution in [-0.2, 0) is 14.4 Å². The quantitative estimate of drug-likeness (QED) is 0.479. The van der Waals surface area contributed by atoms with Crippen LogP contribution in [0, 0.1) is 0 Å². The highest BCUT2D eigenvalue weighted by atomic mass is 35.5. The highest BCUT2D eigenvalue weighted by Gasteiger charge is 2.42. The van der Waals surface area contributed by atoms with Crippen LogP contribution in [0.25, 0.3) is 0 Å². The second-order valence-corrected chi connectivity index (χ2v) is 9.50. The van der Waals surface area contributed by atoms with Gasteiger partial charge in [0.05, 0.1) is 30.0 Å². The Kier molecular flexibility index (Phi) is 8.27. The van der Waals surface area contributed by atoms with Gasteiger partial charge in [-0.1, -0.05) is 48.8 Å². The Morgan fingerprint density at radius 1 is 1.19 bits per heavy atom. The van der Waals surface area contributed by atoms with Gasteiger partial charge < -0.3 is 15.4 Å². The van der Waals surface area contributed by atoms with E-state index >= 15 is 0 Å². The molecule has 0 spiro atoms. The summed E-state index contributed by atoms with van der Waals surface area (Å²) in [5, 5.41) is 6.34. The number of carbonyl (C=O) groups is 3. The fraction of sp³-hybridized carbons (Fsp3) is 0.320. The average Bonchev–Trinajstić information content (AvgIpc) is 3.19. The standard InChI is InChI=1S/C25H26ClN5O4S/c1-3-4-11-27-21(32)13-19-24(34)31-23(29-19)16-7-5-6-8-18(16)30-25(31)36-14-22(33)28-15-9-10-20(35-2)17(26)12-15/h5-10,12,19H,3-4,11,13-14H2,1-2H3,(H,27,32)(H,28,33)/t19-/m1/s1. The maximum absolute atomic E-state index is 13.3. The molecule has 0 radical (unpaired) electrons. The van der Waals surface area contributed by atoms with Crippen molar-refractivity contribution in [3.8, 4) is 5.75 Å². The van der Waals surface area contributed by atoms with E-state index in [0.717, 1.165) is 24.6 Å². The topological polar surface area (TPSA) is 112 Å². The number of amides is 3. The third kappa shape index (κ3) is 5.71. The van der Waals surface area contributed by atoms with E-state index in [0.29, 0.717) is 45.3 Å². The van der Waals surface area contributed by atoms with Gasteiger partial charge in [0, 0.05) is 17.8 Å². The number of methoxy groups -OCH3 is 1. The van der Waals surface area contributed by atoms with Crippen LogP contribution in [0.1, 0.15) is 31.7 Å². The van der Waals surface area contributed by atoms with Crippen molar-refractivity contribution < 1.29 is 19.1 Å². The van der Waals surface area contributed by atoms with Crippen LogP contribution >= 0.6 is 23.4 Å². The summed E-state index contributed by atoms with van der Waals surface area (Å²) in [5.41, 5.74) is 1.88. The normalized spacial score (nSPS) is 16.0. The molecule has 4 rings (SSSR count). The summed E-state index contributed by atoms with van der Waals surface area (Å²) in [6, 6.07) is 11.5. The third-order valence-corrected chi connectivity index (χ3v) is 6.78. The molecule has 2 aromatic rings. The van der Waals surface area contributed by atoms with E-state index in [9.17, 15) is 14.4 Å². The molecule has 0 unspecified atom stereocenters. The van der Waals surface area contributed by atoms with Gasteiger partial charge >= 0.3 is 0 Å². The van der Waals surface area contributed by atoms with Crippen LogP contribution in [0.15, 0.2) is 52.4 Å². The number of thioether (sulfide) groups is 1. The van der Waals surface area contributed by atoms with Crippen LogP contribution < -0.4 is 15.4 Å². The van der Waals surface area contributed by atoms with Gasteiger partial charge in [-0.05, 0) is 36.8 Å². The van der Waals surface area contributed by atoms with E-state index < -0.39 is 6.04 Å². The molecular formula is C25H26ClN5O4S. The van der Waals surface area contributed by atoms with Gasteiger partial charge in [0.1, 0.15) is 17.6 Å². The summed E-state index contributed by atoms with van der Waals surface area (Å²) in [7, 11) is 1.51. The monoisotopic (exact) mass is 527 g/mol. The molecule has 188 valence electrons. The fourth-order valence-corrected chi connectivity index (χ4v) is 4.81. The molecule has 11 heteroatoms. The zero-order chi connectivity index (χ0) is 25.7. The van der Waals surface area contributed by atoms with Crippen molar-refractivity contribution in [2.24, 2.45) is 9.98 Å². The summed E-state index contributed by atoms with van der Waals surface area (Å²) in [5.74, 6) is 0.111. The number of nitrogens with one attached hydrogen (secondary N) is 2. The van der Waals surface area contributed by atoms with Gasteiger partial charge in [-0.25, -0.2) is 9.89 Å². The minimum absolute atomic E-state index is 0.00385. The Hall–Kier alpha value is -3.37. The fourth-order valence-electron chi connectivity index (χ4n) is 3.76. The highest BCUT2D eigenvalue weighted by Crippen LogP contribution is 2.34. The zero-order valence-corrected chi connectivity index (χ0v) is 21.5. The van der Waals surface area contributed by atoms with Crippen molar-refractivity contribution in [3.05, 3.63) is 53.1 Å². The molecule has 0 bridgehead atoms. The summed E-state index contributed by atoms with van der Waals surface area (Å²) in [6.45, 7) is 2.61. The predicted octanol–water partition coefficient (Wildman–Crippen LogP) is 3.99. The highest BCUT2D eigenvalue weighted by molar-refractivity contribution is 8.14. The number of ether oxygens (including phenoxy) is 1. The molecule has 2 aliphatic rings. The SMILES string of the molecule is CCCCNC(=O)C[C@H]1N=C2c3ccccc3N=C(SCC(=O)Nc3ccc(OC)c(Cl)c3)N2C1=O. The average molecular weight is 528 g/mol. The molecule has 2 aliphatic heterocycles. The largest absolute Gasteiger partial charge is 0.495 e. The van der Waals surface area contributed by atoms with Crippen LogP contribution in [0.3, 0.4) is 0 Å². The number of para-hydroxylation sites is 1. The Balaban J connectivity index is 1.47. The number of carbonyl (C=O) groups excluding carboxylic acids is 3. The van der Waals surface area contributed by atoms with E-state index in [1.165, 1.54) is 12.0 Å². The summed E-state index contributed by atoms with van der Waals surface area (Å²) in [4.78, 5) is 48.9. The molecule has 0 aromatic heterocycles. The molecule has 36 heavy (non-hydrogen) atoms. The number of rotatable bonds is 9. The van der Waals surface area contributed by atoms with Gasteiger partial charge in [0.15, 0.2) is 5.17 Å². The number of unbranched alkanes of at least 4 members (excludes halogenated alkanes) is 1. The molecular weight excluding hydrogens is 502 g/mol. The number of aliphatic imine (C=N–C) groups is 2. The summed E-state index contributed by atoms with van der Waals surface area (Å²) in [6.07, 6.45) is 1.80. The number of hydrogen-bond acceptors (Lipinski definition) is 7. The van der Waals surface area contributed by atoms with Crippen molar-refractivity contribution in [1.29, 1.82) is 0 Å². The molecule has 9 nitrogen and oxygen atoms in total. The van der Waals surface area contributed by atoms with Gasteiger partial charge in [0.2, 0.25) is 11.8 Å². The first-order valence-corrected chi connectivity index (χ1v) is 12.9. The predicted molar refractivity (Wildman–Crippen MR) is 142 cm³/mol. The zero-order valence-electron chi connectivity index (χ0n) is 19.9. The first kappa shape index (κ1) is 25.7. The maximum atomic E-state index is 13.3. The van der Waals surface area contributed by atoms with Crippen LogP contribution in [0.2, 0.25) is 5.02 Å². The van der Waals surface area contributed by atoms with Gasteiger partial charge in [-0.15, -0.1) is 0 Å². The molecule has 2 aromatic carbocycles. The Bertz CT molecular complexity index is 1250. The van der Waals surface area contributed by atoms with Gasteiger partial charge in [-0.2, -0.15) is 0 Å². The number of fused-ring (bicyclic) bond motifs is 3. The summed E-state index contributed by atoms with van der Waals surface area (Å²) < 4.78 is 5.13. The lowest BCUT2D eigenvalue weighted by Gasteiger charge is -2.25. The first-order valence-electron chi connectivity index (χ1n) is 11.5. The minimum Gasteiger partial charge on any atom is -0.495 e. The van der Waals surface area contributed by atoms with Gasteiger partial charge in [-0.3, -0.25) is 19.4 Å². The van der Waals surface area contributed by atoms with Crippen molar-refractivity contribution >= 4 is 63.5 Å². The lowest BCUT2D eigenvalue weighted by Crippen LogP contribution is -2.42. The van der Waals surface area contributed by atoms with E-state index in [-0.39, 0.29) is 29.9 Å². The number of anilines is 1. The van der Waals surface area contributed by atoms with Crippen LogP contribution in [0.4, 0.5) is 11.4 Å². The van der Waals surface area contributed by atoms with Crippen LogP contribution in [-0.4, -0.2) is 59.1 Å².